The van der Waals surface area contributed by atoms with Gasteiger partial charge in [-0.2, -0.15) is 13.2 Å². The number of fused-ring (bicyclic) bond motifs is 1. The first kappa shape index (κ1) is 14.6. The Balaban J connectivity index is 1.56. The Hall–Kier alpha value is -1.33. The third kappa shape index (κ3) is 3.47. The first-order valence-corrected chi connectivity index (χ1v) is 7.31. The topological polar surface area (TPSA) is 15.3 Å². The highest BCUT2D eigenvalue weighted by molar-refractivity contribution is 5.30. The molecule has 5 heteroatoms. The molecule has 0 spiro atoms. The Bertz CT molecular complexity index is 537. The van der Waals surface area contributed by atoms with Gasteiger partial charge in [0, 0.05) is 37.8 Å². The van der Waals surface area contributed by atoms with Crippen molar-refractivity contribution in [2.45, 2.75) is 31.6 Å². The Morgan fingerprint density at radius 3 is 2.62 bits per heavy atom. The summed E-state index contributed by atoms with van der Waals surface area (Å²) in [7, 11) is 0. The lowest BCUT2D eigenvalue weighted by Gasteiger charge is -2.33. The van der Waals surface area contributed by atoms with Crippen molar-refractivity contribution in [2.24, 2.45) is 0 Å². The molecule has 2 aliphatic heterocycles. The van der Waals surface area contributed by atoms with Crippen LogP contribution in [-0.2, 0) is 13.0 Å². The molecule has 0 radical (unpaired) electrons. The van der Waals surface area contributed by atoms with Gasteiger partial charge in [0.2, 0.25) is 0 Å². The van der Waals surface area contributed by atoms with Gasteiger partial charge in [0.05, 0.1) is 0 Å². The molecule has 0 saturated heterocycles. The lowest BCUT2D eigenvalue weighted by atomic mass is 9.95. The van der Waals surface area contributed by atoms with E-state index >= 15 is 0 Å². The Morgan fingerprint density at radius 1 is 1.19 bits per heavy atom. The van der Waals surface area contributed by atoms with Crippen molar-refractivity contribution >= 4 is 0 Å². The molecule has 0 fully saturated rings. The van der Waals surface area contributed by atoms with Crippen LogP contribution >= 0.6 is 0 Å². The maximum atomic E-state index is 12.6. The van der Waals surface area contributed by atoms with Gasteiger partial charge in [0.25, 0.3) is 0 Å². The van der Waals surface area contributed by atoms with Crippen LogP contribution in [0, 0.1) is 0 Å². The van der Waals surface area contributed by atoms with Gasteiger partial charge in [0.15, 0.2) is 0 Å². The van der Waals surface area contributed by atoms with Crippen LogP contribution in [0.15, 0.2) is 35.9 Å². The molecule has 1 aromatic carbocycles. The van der Waals surface area contributed by atoms with E-state index < -0.39 is 6.18 Å². The summed E-state index contributed by atoms with van der Waals surface area (Å²) in [6.45, 7) is 2.54. The summed E-state index contributed by atoms with van der Waals surface area (Å²) in [6.07, 6.45) is -1.77. The standard InChI is InChI=1S/C16H19F3N2/c17-16(18,19)14-5-7-21(8-6-14)11-15-9-12-3-1-2-4-13(12)10-20-15/h1-5,15,20H,6-11H2. The number of hydrogen-bond donors (Lipinski definition) is 1. The molecule has 1 aromatic rings. The van der Waals surface area contributed by atoms with Gasteiger partial charge in [-0.1, -0.05) is 30.3 Å². The average molecular weight is 296 g/mol. The Morgan fingerprint density at radius 2 is 1.95 bits per heavy atom. The van der Waals surface area contributed by atoms with E-state index in [9.17, 15) is 13.2 Å². The maximum Gasteiger partial charge on any atom is 0.412 e. The minimum absolute atomic E-state index is 0.104. The van der Waals surface area contributed by atoms with Crippen LogP contribution in [0.5, 0.6) is 0 Å². The normalized spacial score (nSPS) is 23.6. The van der Waals surface area contributed by atoms with Crippen molar-refractivity contribution in [2.75, 3.05) is 19.6 Å². The van der Waals surface area contributed by atoms with E-state index in [2.05, 4.69) is 22.3 Å². The van der Waals surface area contributed by atoms with Gasteiger partial charge in [0.1, 0.15) is 0 Å². The molecule has 0 saturated carbocycles. The maximum absolute atomic E-state index is 12.6. The van der Waals surface area contributed by atoms with Crippen LogP contribution in [0.3, 0.4) is 0 Å². The molecular weight excluding hydrogens is 277 g/mol. The highest BCUT2D eigenvalue weighted by Gasteiger charge is 2.35. The molecule has 1 unspecified atom stereocenters. The van der Waals surface area contributed by atoms with Crippen LogP contribution < -0.4 is 5.32 Å². The van der Waals surface area contributed by atoms with Gasteiger partial charge in [-0.15, -0.1) is 0 Å². The Labute approximate surface area is 122 Å². The monoisotopic (exact) mass is 296 g/mol. The van der Waals surface area contributed by atoms with Crippen LogP contribution in [0.1, 0.15) is 17.5 Å². The van der Waals surface area contributed by atoms with Crippen molar-refractivity contribution in [3.05, 3.63) is 47.0 Å². The van der Waals surface area contributed by atoms with Gasteiger partial charge < -0.3 is 5.32 Å². The number of alkyl halides is 3. The summed E-state index contributed by atoms with van der Waals surface area (Å²) < 4.78 is 37.8. The highest BCUT2D eigenvalue weighted by Crippen LogP contribution is 2.30. The van der Waals surface area contributed by atoms with E-state index in [1.165, 1.54) is 17.2 Å². The highest BCUT2D eigenvalue weighted by atomic mass is 19.4. The Kier molecular flexibility index (Phi) is 4.04. The summed E-state index contributed by atoms with van der Waals surface area (Å²) in [5, 5.41) is 3.48. The zero-order chi connectivity index (χ0) is 14.9. The number of benzene rings is 1. The predicted molar refractivity (Wildman–Crippen MR) is 76.0 cm³/mol. The van der Waals surface area contributed by atoms with Crippen molar-refractivity contribution < 1.29 is 13.2 Å². The molecular formula is C16H19F3N2. The van der Waals surface area contributed by atoms with E-state index in [1.807, 2.05) is 12.1 Å². The number of hydrogen-bond acceptors (Lipinski definition) is 2. The predicted octanol–water partition coefficient (Wildman–Crippen LogP) is 2.90. The first-order chi connectivity index (χ1) is 10.0. The second-order valence-electron chi connectivity index (χ2n) is 5.79. The van der Waals surface area contributed by atoms with Gasteiger partial charge in [-0.25, -0.2) is 0 Å². The molecule has 1 atom stereocenters. The number of halogens is 3. The van der Waals surface area contributed by atoms with Crippen LogP contribution in [-0.4, -0.2) is 36.8 Å². The molecule has 3 rings (SSSR count). The summed E-state index contributed by atoms with van der Waals surface area (Å²) in [5.41, 5.74) is 2.30. The number of nitrogens with zero attached hydrogens (tertiary/aromatic N) is 1. The van der Waals surface area contributed by atoms with Crippen LogP contribution in [0.4, 0.5) is 13.2 Å². The van der Waals surface area contributed by atoms with Crippen molar-refractivity contribution in [1.82, 2.24) is 10.2 Å². The van der Waals surface area contributed by atoms with E-state index in [-0.39, 0.29) is 12.0 Å². The van der Waals surface area contributed by atoms with Crippen molar-refractivity contribution in [3.8, 4) is 0 Å². The molecule has 0 aliphatic carbocycles. The minimum atomic E-state index is -4.16. The zero-order valence-corrected chi connectivity index (χ0v) is 11.8. The second-order valence-corrected chi connectivity index (χ2v) is 5.79. The fourth-order valence-electron chi connectivity index (χ4n) is 3.10. The molecule has 2 heterocycles. The molecule has 0 amide bonds. The smallest absolute Gasteiger partial charge is 0.308 e. The fraction of sp³-hybridized carbons (Fsp3) is 0.500. The lowest BCUT2D eigenvalue weighted by Crippen LogP contribution is -2.46. The molecule has 2 aliphatic rings. The molecule has 2 nitrogen and oxygen atoms in total. The molecule has 114 valence electrons. The summed E-state index contributed by atoms with van der Waals surface area (Å²) in [5.74, 6) is 0. The number of nitrogens with one attached hydrogen (secondary N) is 1. The fourth-order valence-corrected chi connectivity index (χ4v) is 3.10. The van der Waals surface area contributed by atoms with E-state index in [4.69, 9.17) is 0 Å². The van der Waals surface area contributed by atoms with E-state index in [1.54, 1.807) is 0 Å². The third-order valence-corrected chi connectivity index (χ3v) is 4.30. The molecule has 21 heavy (non-hydrogen) atoms. The minimum Gasteiger partial charge on any atom is -0.308 e. The summed E-state index contributed by atoms with van der Waals surface area (Å²) in [4.78, 5) is 2.10. The lowest BCUT2D eigenvalue weighted by molar-refractivity contribution is -0.0960. The zero-order valence-electron chi connectivity index (χ0n) is 11.8. The van der Waals surface area contributed by atoms with Gasteiger partial charge >= 0.3 is 6.18 Å². The quantitative estimate of drug-likeness (QED) is 0.844. The van der Waals surface area contributed by atoms with Crippen molar-refractivity contribution in [1.29, 1.82) is 0 Å². The first-order valence-electron chi connectivity index (χ1n) is 7.31. The van der Waals surface area contributed by atoms with Gasteiger partial charge in [-0.3, -0.25) is 4.90 Å². The van der Waals surface area contributed by atoms with Crippen LogP contribution in [0.25, 0.3) is 0 Å². The number of rotatable bonds is 2. The summed E-state index contributed by atoms with van der Waals surface area (Å²) in [6, 6.07) is 8.66. The molecule has 0 aromatic heterocycles. The molecule has 0 bridgehead atoms. The summed E-state index contributed by atoms with van der Waals surface area (Å²) >= 11 is 0. The van der Waals surface area contributed by atoms with E-state index in [0.29, 0.717) is 19.1 Å². The van der Waals surface area contributed by atoms with Gasteiger partial charge in [-0.05, 0) is 24.0 Å². The van der Waals surface area contributed by atoms with E-state index in [0.717, 1.165) is 19.5 Å². The second kappa shape index (κ2) is 5.81. The van der Waals surface area contributed by atoms with Crippen molar-refractivity contribution in [3.63, 3.8) is 0 Å². The third-order valence-electron chi connectivity index (χ3n) is 4.30. The average Bonchev–Trinajstić information content (AvgIpc) is 2.47. The SMILES string of the molecule is FC(F)(F)C1=CCN(CC2Cc3ccccc3CN2)CC1. The van der Waals surface area contributed by atoms with Crippen LogP contribution in [0.2, 0.25) is 0 Å². The largest absolute Gasteiger partial charge is 0.412 e. The molecule has 1 N–H and O–H groups in total.